The van der Waals surface area contributed by atoms with Gasteiger partial charge in [-0.3, -0.25) is 0 Å². The molecule has 0 saturated carbocycles. The predicted octanol–water partition coefficient (Wildman–Crippen LogP) is 2.79. The quantitative estimate of drug-likeness (QED) is 0.727. The maximum absolute atomic E-state index is 9.66. The van der Waals surface area contributed by atoms with Gasteiger partial charge in [-0.25, -0.2) is 9.98 Å². The van der Waals surface area contributed by atoms with Crippen molar-refractivity contribution in [2.45, 2.75) is 0 Å². The normalized spacial score (nSPS) is 11.2. The molecular formula is C13H9N3O3. The van der Waals surface area contributed by atoms with E-state index in [0.29, 0.717) is 11.7 Å². The Hall–Kier alpha value is -2.89. The van der Waals surface area contributed by atoms with Crippen molar-refractivity contribution in [1.82, 2.24) is 10.1 Å². The minimum absolute atomic E-state index is 0.238. The zero-order valence-corrected chi connectivity index (χ0v) is 9.72. The first kappa shape index (κ1) is 11.2. The van der Waals surface area contributed by atoms with Gasteiger partial charge in [0.1, 0.15) is 6.26 Å². The van der Waals surface area contributed by atoms with Gasteiger partial charge in [-0.2, -0.15) is 0 Å². The zero-order valence-electron chi connectivity index (χ0n) is 9.72. The summed E-state index contributed by atoms with van der Waals surface area (Å²) in [5, 5.41) is 13.3. The molecule has 0 spiro atoms. The topological polar surface area (TPSA) is 84.7 Å². The van der Waals surface area contributed by atoms with Gasteiger partial charge in [0.15, 0.2) is 11.5 Å². The van der Waals surface area contributed by atoms with Crippen LogP contribution in [0, 0.1) is 0 Å². The highest BCUT2D eigenvalue weighted by atomic mass is 16.5. The number of aromatic nitrogens is 2. The van der Waals surface area contributed by atoms with Gasteiger partial charge in [-0.15, -0.1) is 0 Å². The molecule has 0 saturated heterocycles. The average molecular weight is 255 g/mol. The van der Waals surface area contributed by atoms with E-state index in [9.17, 15) is 5.11 Å². The monoisotopic (exact) mass is 255 g/mol. The lowest BCUT2D eigenvalue weighted by atomic mass is 10.2. The molecule has 0 bridgehead atoms. The van der Waals surface area contributed by atoms with Gasteiger partial charge >= 0.3 is 5.95 Å². The highest BCUT2D eigenvalue weighted by Gasteiger charge is 2.11. The van der Waals surface area contributed by atoms with Gasteiger partial charge in [-0.1, -0.05) is 23.4 Å². The number of aromatic hydroxyl groups is 1. The molecule has 0 amide bonds. The molecule has 0 aliphatic carbocycles. The van der Waals surface area contributed by atoms with Crippen LogP contribution in [0.3, 0.4) is 0 Å². The summed E-state index contributed by atoms with van der Waals surface area (Å²) in [5.74, 6) is 0.439. The summed E-state index contributed by atoms with van der Waals surface area (Å²) in [4.78, 5) is 8.15. The van der Waals surface area contributed by atoms with Crippen LogP contribution in [0.4, 0.5) is 5.82 Å². The second-order valence-corrected chi connectivity index (χ2v) is 3.69. The molecule has 6 nitrogen and oxygen atoms in total. The van der Waals surface area contributed by atoms with Crippen molar-refractivity contribution in [3.8, 4) is 17.4 Å². The Balaban J connectivity index is 1.90. The van der Waals surface area contributed by atoms with Crippen LogP contribution in [0.15, 0.2) is 56.6 Å². The van der Waals surface area contributed by atoms with Gasteiger partial charge in [0.05, 0.1) is 6.21 Å². The van der Waals surface area contributed by atoms with Gasteiger partial charge in [0.25, 0.3) is 0 Å². The largest absolute Gasteiger partial charge is 0.479 e. The lowest BCUT2D eigenvalue weighted by Crippen LogP contribution is -1.82. The van der Waals surface area contributed by atoms with Crippen molar-refractivity contribution < 1.29 is 14.0 Å². The smallest absolute Gasteiger partial charge is 0.312 e. The molecule has 0 radical (unpaired) electrons. The van der Waals surface area contributed by atoms with E-state index >= 15 is 0 Å². The van der Waals surface area contributed by atoms with Crippen molar-refractivity contribution in [3.05, 3.63) is 48.4 Å². The number of oxazole rings is 1. The maximum atomic E-state index is 9.66. The number of benzene rings is 1. The Labute approximate surface area is 108 Å². The summed E-state index contributed by atoms with van der Waals surface area (Å²) >= 11 is 0. The molecule has 1 N–H and O–H groups in total. The van der Waals surface area contributed by atoms with Crippen molar-refractivity contribution in [1.29, 1.82) is 0 Å². The predicted molar refractivity (Wildman–Crippen MR) is 67.4 cm³/mol. The van der Waals surface area contributed by atoms with Crippen molar-refractivity contribution >= 4 is 12.0 Å². The Morgan fingerprint density at radius 1 is 1.16 bits per heavy atom. The van der Waals surface area contributed by atoms with Gasteiger partial charge in [-0.05, 0) is 12.1 Å². The molecule has 2 heterocycles. The fourth-order valence-electron chi connectivity index (χ4n) is 1.51. The molecule has 94 valence electrons. The van der Waals surface area contributed by atoms with Crippen LogP contribution < -0.4 is 0 Å². The third-order valence-corrected chi connectivity index (χ3v) is 2.40. The number of rotatable bonds is 3. The molecule has 19 heavy (non-hydrogen) atoms. The van der Waals surface area contributed by atoms with Crippen LogP contribution in [0.2, 0.25) is 0 Å². The van der Waals surface area contributed by atoms with Crippen molar-refractivity contribution in [2.75, 3.05) is 0 Å². The van der Waals surface area contributed by atoms with Crippen LogP contribution >= 0.6 is 0 Å². The number of hydrogen-bond acceptors (Lipinski definition) is 6. The standard InChI is InChI=1S/C13H9N3O3/c17-13-10(8-14-11-6-7-18-16-11)15-12(19-13)9-4-2-1-3-5-9/h1-8,17H. The molecule has 1 aromatic carbocycles. The molecule has 2 aromatic heterocycles. The third kappa shape index (κ3) is 2.37. The number of hydrogen-bond donors (Lipinski definition) is 1. The molecule has 0 aliphatic rings. The summed E-state index contributed by atoms with van der Waals surface area (Å²) in [5.41, 5.74) is 1.01. The van der Waals surface area contributed by atoms with Gasteiger partial charge in [0.2, 0.25) is 5.89 Å². The van der Waals surface area contributed by atoms with Crippen molar-refractivity contribution in [3.63, 3.8) is 0 Å². The fourth-order valence-corrected chi connectivity index (χ4v) is 1.51. The Bertz CT molecular complexity index is 687. The number of aliphatic imine (C=N–C) groups is 1. The van der Waals surface area contributed by atoms with Crippen LogP contribution in [0.1, 0.15) is 5.69 Å². The lowest BCUT2D eigenvalue weighted by molar-refractivity contribution is 0.337. The Morgan fingerprint density at radius 2 is 2.00 bits per heavy atom. The Morgan fingerprint density at radius 3 is 2.74 bits per heavy atom. The van der Waals surface area contributed by atoms with E-state index in [4.69, 9.17) is 4.42 Å². The van der Waals surface area contributed by atoms with Gasteiger partial charge in [0, 0.05) is 11.6 Å². The highest BCUT2D eigenvalue weighted by molar-refractivity contribution is 5.82. The van der Waals surface area contributed by atoms with E-state index in [2.05, 4.69) is 19.7 Å². The van der Waals surface area contributed by atoms with E-state index in [1.165, 1.54) is 12.5 Å². The highest BCUT2D eigenvalue weighted by Crippen LogP contribution is 2.25. The molecule has 0 unspecified atom stereocenters. The summed E-state index contributed by atoms with van der Waals surface area (Å²) in [6.07, 6.45) is 2.77. The van der Waals surface area contributed by atoms with Crippen LogP contribution in [0.5, 0.6) is 5.95 Å². The minimum Gasteiger partial charge on any atom is -0.479 e. The first-order valence-electron chi connectivity index (χ1n) is 5.52. The van der Waals surface area contributed by atoms with E-state index in [-0.39, 0.29) is 11.6 Å². The minimum atomic E-state index is -0.286. The van der Waals surface area contributed by atoms with Crippen LogP contribution in [0.25, 0.3) is 11.5 Å². The lowest BCUT2D eigenvalue weighted by Gasteiger charge is -1.91. The van der Waals surface area contributed by atoms with Crippen LogP contribution in [-0.4, -0.2) is 21.5 Å². The number of nitrogens with zero attached hydrogens (tertiary/aromatic N) is 3. The first-order valence-corrected chi connectivity index (χ1v) is 5.52. The fraction of sp³-hybridized carbons (Fsp3) is 0. The maximum Gasteiger partial charge on any atom is 0.312 e. The van der Waals surface area contributed by atoms with Crippen LogP contribution in [-0.2, 0) is 0 Å². The SMILES string of the molecule is Oc1oc(-c2ccccc2)nc1C=Nc1ccon1. The van der Waals surface area contributed by atoms with E-state index in [1.807, 2.05) is 30.3 Å². The molecule has 0 aliphatic heterocycles. The van der Waals surface area contributed by atoms with Gasteiger partial charge < -0.3 is 14.0 Å². The molecule has 0 atom stereocenters. The molecule has 6 heteroatoms. The third-order valence-electron chi connectivity index (χ3n) is 2.40. The van der Waals surface area contributed by atoms with E-state index < -0.39 is 0 Å². The molecule has 0 fully saturated rings. The average Bonchev–Trinajstić information content (AvgIpc) is 3.07. The summed E-state index contributed by atoms with van der Waals surface area (Å²) in [7, 11) is 0. The molecule has 3 aromatic rings. The van der Waals surface area contributed by atoms with E-state index in [1.54, 1.807) is 6.07 Å². The van der Waals surface area contributed by atoms with E-state index in [0.717, 1.165) is 5.56 Å². The van der Waals surface area contributed by atoms with Crippen molar-refractivity contribution in [2.24, 2.45) is 4.99 Å². The molecule has 3 rings (SSSR count). The first-order chi connectivity index (χ1) is 9.33. The zero-order chi connectivity index (χ0) is 13.1. The summed E-state index contributed by atoms with van der Waals surface area (Å²) in [6, 6.07) is 10.9. The summed E-state index contributed by atoms with van der Waals surface area (Å²) < 4.78 is 9.82. The second kappa shape index (κ2) is 4.77. The molecular weight excluding hydrogens is 246 g/mol. The second-order valence-electron chi connectivity index (χ2n) is 3.69. The summed E-state index contributed by atoms with van der Waals surface area (Å²) in [6.45, 7) is 0. The Kier molecular flexibility index (Phi) is 2.82.